The van der Waals surface area contributed by atoms with Gasteiger partial charge in [-0.2, -0.15) is 0 Å². The van der Waals surface area contributed by atoms with Gasteiger partial charge in [-0.05, 0) is 48.8 Å². The van der Waals surface area contributed by atoms with E-state index in [2.05, 4.69) is 32.9 Å². The third-order valence-corrected chi connectivity index (χ3v) is 7.73. The molecule has 4 fully saturated rings. The van der Waals surface area contributed by atoms with Gasteiger partial charge in [0.25, 0.3) is 0 Å². The van der Waals surface area contributed by atoms with E-state index < -0.39 is 5.67 Å². The SMILES string of the molecule is O=C1CCCN1c1cncc(-c2cn(Cc3cn4cc(CNCC56CC(F)(C5)C6)ccc4n3)nn2)c1. The molecule has 1 amide bonds. The fourth-order valence-corrected chi connectivity index (χ4v) is 6.10. The van der Waals surface area contributed by atoms with Crippen LogP contribution in [0.3, 0.4) is 0 Å². The van der Waals surface area contributed by atoms with Crippen molar-refractivity contribution >= 4 is 17.2 Å². The number of hydrogen-bond donors (Lipinski definition) is 1. The number of carbonyl (C=O) groups excluding carboxylic acids is 1. The predicted molar refractivity (Wildman–Crippen MR) is 131 cm³/mol. The predicted octanol–water partition coefficient (Wildman–Crippen LogP) is 3.14. The van der Waals surface area contributed by atoms with Crippen LogP contribution in [-0.4, -0.2) is 54.0 Å². The standard InChI is InChI=1S/C26H27FN8O/c27-26-14-25(15-26,16-26)17-29-7-18-3-4-23-30-20(11-33(23)10-18)12-34-13-22(31-32-34)19-6-21(9-28-8-19)35-5-1-2-24(35)36/h3-4,6,8-11,13,29H,1-2,5,7,12,14-17H2. The molecule has 0 aromatic carbocycles. The highest BCUT2D eigenvalue weighted by atomic mass is 19.1. The van der Waals surface area contributed by atoms with Crippen LogP contribution in [0.4, 0.5) is 10.1 Å². The summed E-state index contributed by atoms with van der Waals surface area (Å²) in [7, 11) is 0. The Balaban J connectivity index is 1.01. The van der Waals surface area contributed by atoms with E-state index in [0.717, 1.165) is 67.9 Å². The number of aromatic nitrogens is 6. The van der Waals surface area contributed by atoms with Crippen LogP contribution in [0.15, 0.2) is 49.2 Å². The van der Waals surface area contributed by atoms with Gasteiger partial charge < -0.3 is 14.6 Å². The molecule has 0 radical (unpaired) electrons. The molecule has 5 heterocycles. The molecule has 10 heteroatoms. The zero-order chi connectivity index (χ0) is 24.3. The summed E-state index contributed by atoms with van der Waals surface area (Å²) in [4.78, 5) is 22.9. The number of nitrogens with one attached hydrogen (secondary N) is 1. The van der Waals surface area contributed by atoms with Crippen LogP contribution in [0.5, 0.6) is 0 Å². The molecule has 4 aromatic heterocycles. The van der Waals surface area contributed by atoms with E-state index in [1.165, 1.54) is 5.56 Å². The minimum absolute atomic E-state index is 0.132. The smallest absolute Gasteiger partial charge is 0.227 e. The van der Waals surface area contributed by atoms with Gasteiger partial charge in [0.15, 0.2) is 0 Å². The zero-order valence-corrected chi connectivity index (χ0v) is 19.9. The number of hydrogen-bond acceptors (Lipinski definition) is 6. The van der Waals surface area contributed by atoms with Crippen LogP contribution < -0.4 is 10.2 Å². The summed E-state index contributed by atoms with van der Waals surface area (Å²) in [6.45, 7) is 2.86. The average molecular weight is 487 g/mol. The van der Waals surface area contributed by atoms with Gasteiger partial charge in [-0.1, -0.05) is 11.3 Å². The highest BCUT2D eigenvalue weighted by Gasteiger charge is 2.68. The Morgan fingerprint density at radius 2 is 2.00 bits per heavy atom. The second-order valence-electron chi connectivity index (χ2n) is 10.7. The molecule has 8 rings (SSSR count). The lowest BCUT2D eigenvalue weighted by Gasteiger charge is -2.66. The van der Waals surface area contributed by atoms with Crippen molar-refractivity contribution in [3.8, 4) is 11.3 Å². The molecule has 0 unspecified atom stereocenters. The first-order chi connectivity index (χ1) is 17.5. The Bertz CT molecular complexity index is 1460. The second kappa shape index (κ2) is 7.92. The number of amides is 1. The minimum atomic E-state index is -0.840. The van der Waals surface area contributed by atoms with E-state index in [1.54, 1.807) is 22.0 Å². The van der Waals surface area contributed by atoms with Gasteiger partial charge >= 0.3 is 0 Å². The maximum atomic E-state index is 13.7. The normalized spacial score (nSPS) is 24.8. The molecular weight excluding hydrogens is 459 g/mol. The van der Waals surface area contributed by atoms with Crippen molar-refractivity contribution in [1.29, 1.82) is 0 Å². The molecule has 0 atom stereocenters. The van der Waals surface area contributed by atoms with Gasteiger partial charge in [0.2, 0.25) is 5.91 Å². The Morgan fingerprint density at radius 3 is 2.81 bits per heavy atom. The number of anilines is 1. The van der Waals surface area contributed by atoms with E-state index in [4.69, 9.17) is 4.98 Å². The van der Waals surface area contributed by atoms with Crippen LogP contribution in [0.1, 0.15) is 43.4 Å². The maximum Gasteiger partial charge on any atom is 0.227 e. The van der Waals surface area contributed by atoms with E-state index in [9.17, 15) is 9.18 Å². The van der Waals surface area contributed by atoms with Crippen LogP contribution in [-0.2, 0) is 17.9 Å². The van der Waals surface area contributed by atoms with Crippen LogP contribution in [0, 0.1) is 5.41 Å². The third-order valence-electron chi connectivity index (χ3n) is 7.73. The quantitative estimate of drug-likeness (QED) is 0.411. The Morgan fingerprint density at radius 1 is 1.11 bits per heavy atom. The first kappa shape index (κ1) is 21.6. The van der Waals surface area contributed by atoms with Crippen molar-refractivity contribution in [3.05, 3.63) is 60.4 Å². The average Bonchev–Trinajstić information content (AvgIpc) is 3.57. The van der Waals surface area contributed by atoms with Crippen LogP contribution >= 0.6 is 0 Å². The van der Waals surface area contributed by atoms with E-state index in [1.807, 2.05) is 28.9 Å². The Labute approximate surface area is 207 Å². The zero-order valence-electron chi connectivity index (χ0n) is 19.9. The maximum absolute atomic E-state index is 13.7. The summed E-state index contributed by atoms with van der Waals surface area (Å²) < 4.78 is 17.5. The monoisotopic (exact) mass is 486 g/mol. The fourth-order valence-electron chi connectivity index (χ4n) is 6.10. The number of alkyl halides is 1. The number of fused-ring (bicyclic) bond motifs is 1. The molecule has 4 aliphatic rings. The van der Waals surface area contributed by atoms with E-state index >= 15 is 0 Å². The first-order valence-corrected chi connectivity index (χ1v) is 12.5. The van der Waals surface area contributed by atoms with Crippen molar-refractivity contribution in [1.82, 2.24) is 34.7 Å². The molecule has 36 heavy (non-hydrogen) atoms. The lowest BCUT2D eigenvalue weighted by Crippen LogP contribution is -2.67. The summed E-state index contributed by atoms with van der Waals surface area (Å²) in [5.74, 6) is 0.132. The summed E-state index contributed by atoms with van der Waals surface area (Å²) in [5, 5.41) is 12.1. The molecule has 3 aliphatic carbocycles. The summed E-state index contributed by atoms with van der Waals surface area (Å²) in [6.07, 6.45) is 13.0. The molecule has 0 spiro atoms. The highest BCUT2D eigenvalue weighted by molar-refractivity contribution is 5.95. The molecule has 3 saturated carbocycles. The third kappa shape index (κ3) is 3.76. The Kier molecular flexibility index (Phi) is 4.76. The highest BCUT2D eigenvalue weighted by Crippen LogP contribution is 2.69. The van der Waals surface area contributed by atoms with E-state index in [-0.39, 0.29) is 11.3 Å². The van der Waals surface area contributed by atoms with Gasteiger partial charge in [0, 0.05) is 50.2 Å². The summed E-state index contributed by atoms with van der Waals surface area (Å²) in [5.41, 5.74) is 4.62. The topological polar surface area (TPSA) is 93.2 Å². The minimum Gasteiger partial charge on any atom is -0.312 e. The Hall–Kier alpha value is -3.66. The number of rotatable bonds is 8. The molecule has 4 aromatic rings. The first-order valence-electron chi connectivity index (χ1n) is 12.5. The number of carbonyl (C=O) groups is 1. The molecule has 9 nitrogen and oxygen atoms in total. The van der Waals surface area contributed by atoms with Gasteiger partial charge in [-0.3, -0.25) is 9.78 Å². The van der Waals surface area contributed by atoms with Crippen molar-refractivity contribution in [2.75, 3.05) is 18.0 Å². The van der Waals surface area contributed by atoms with Crippen molar-refractivity contribution < 1.29 is 9.18 Å². The lowest BCUT2D eigenvalue weighted by molar-refractivity contribution is -0.209. The summed E-state index contributed by atoms with van der Waals surface area (Å²) in [6, 6.07) is 6.03. The molecule has 1 saturated heterocycles. The van der Waals surface area contributed by atoms with Gasteiger partial charge in [0.1, 0.15) is 17.0 Å². The van der Waals surface area contributed by atoms with Crippen LogP contribution in [0.2, 0.25) is 0 Å². The summed E-state index contributed by atoms with van der Waals surface area (Å²) >= 11 is 0. The number of pyridine rings is 2. The van der Waals surface area contributed by atoms with Gasteiger partial charge in [-0.25, -0.2) is 14.1 Å². The van der Waals surface area contributed by atoms with Crippen molar-refractivity contribution in [3.63, 3.8) is 0 Å². The van der Waals surface area contributed by atoms with Crippen molar-refractivity contribution in [2.24, 2.45) is 5.41 Å². The van der Waals surface area contributed by atoms with Crippen molar-refractivity contribution in [2.45, 2.75) is 50.9 Å². The van der Waals surface area contributed by atoms with E-state index in [0.29, 0.717) is 18.7 Å². The largest absolute Gasteiger partial charge is 0.312 e. The van der Waals surface area contributed by atoms with Gasteiger partial charge in [-0.15, -0.1) is 5.10 Å². The molecule has 2 bridgehead atoms. The fraction of sp³-hybridized carbons (Fsp3) is 0.423. The molecule has 1 aliphatic heterocycles. The van der Waals surface area contributed by atoms with Gasteiger partial charge in [0.05, 0.1) is 30.3 Å². The lowest BCUT2D eigenvalue weighted by atomic mass is 9.42. The number of nitrogens with zero attached hydrogens (tertiary/aromatic N) is 7. The van der Waals surface area contributed by atoms with Crippen LogP contribution in [0.25, 0.3) is 16.9 Å². The second-order valence-corrected chi connectivity index (χ2v) is 10.7. The number of halogens is 1. The molecule has 1 N–H and O–H groups in total. The molecule has 184 valence electrons. The molecular formula is C26H27FN8O. The number of imidazole rings is 1.